The van der Waals surface area contributed by atoms with E-state index in [1.54, 1.807) is 0 Å². The number of rotatable bonds is 6. The van der Waals surface area contributed by atoms with Crippen LogP contribution in [0.2, 0.25) is 0 Å². The molecule has 2 aliphatic rings. The minimum Gasteiger partial charge on any atom is -0.378 e. The zero-order chi connectivity index (χ0) is 11.9. The van der Waals surface area contributed by atoms with Crippen LogP contribution in [0.1, 0.15) is 32.6 Å². The molecule has 100 valence electrons. The first kappa shape index (κ1) is 14.0. The molecule has 2 rings (SSSR count). The monoisotopic (exact) mass is 275 g/mol. The normalized spacial score (nSPS) is 31.6. The summed E-state index contributed by atoms with van der Waals surface area (Å²) in [7, 11) is 0. The number of thioether (sulfide) groups is 2. The van der Waals surface area contributed by atoms with Gasteiger partial charge >= 0.3 is 0 Å². The van der Waals surface area contributed by atoms with Gasteiger partial charge in [0.1, 0.15) is 0 Å². The van der Waals surface area contributed by atoms with Crippen molar-refractivity contribution in [3.63, 3.8) is 0 Å². The molecule has 2 heterocycles. The van der Waals surface area contributed by atoms with Crippen LogP contribution in [0, 0.1) is 0 Å². The lowest BCUT2D eigenvalue weighted by Gasteiger charge is -2.30. The molecule has 3 atom stereocenters. The van der Waals surface area contributed by atoms with Crippen LogP contribution in [0.4, 0.5) is 0 Å². The Morgan fingerprint density at radius 3 is 3.00 bits per heavy atom. The third kappa shape index (κ3) is 4.66. The lowest BCUT2D eigenvalue weighted by Crippen LogP contribution is -2.41. The average molecular weight is 275 g/mol. The van der Waals surface area contributed by atoms with Crippen molar-refractivity contribution >= 4 is 23.5 Å². The highest BCUT2D eigenvalue weighted by molar-refractivity contribution is 8.06. The van der Waals surface area contributed by atoms with Gasteiger partial charge in [0.15, 0.2) is 0 Å². The number of ether oxygens (including phenoxy) is 1. The van der Waals surface area contributed by atoms with Crippen molar-refractivity contribution in [2.24, 2.45) is 0 Å². The van der Waals surface area contributed by atoms with Crippen LogP contribution >= 0.6 is 23.5 Å². The fraction of sp³-hybridized carbons (Fsp3) is 1.00. The average Bonchev–Trinajstić information content (AvgIpc) is 2.88. The van der Waals surface area contributed by atoms with Crippen molar-refractivity contribution in [1.29, 1.82) is 0 Å². The molecule has 0 bridgehead atoms. The molecule has 0 amide bonds. The smallest absolute Gasteiger partial charge is 0.0576 e. The maximum Gasteiger partial charge on any atom is 0.0576 e. The summed E-state index contributed by atoms with van der Waals surface area (Å²) < 4.78 is 5.73. The zero-order valence-corrected chi connectivity index (χ0v) is 12.5. The second-order valence-corrected chi connectivity index (χ2v) is 7.36. The first-order valence-electron chi connectivity index (χ1n) is 6.94. The second-order valence-electron chi connectivity index (χ2n) is 4.86. The summed E-state index contributed by atoms with van der Waals surface area (Å²) in [5, 5.41) is 4.50. The Bertz CT molecular complexity index is 204. The topological polar surface area (TPSA) is 21.3 Å². The van der Waals surface area contributed by atoms with Gasteiger partial charge in [0.2, 0.25) is 0 Å². The highest BCUT2D eigenvalue weighted by atomic mass is 32.2. The largest absolute Gasteiger partial charge is 0.378 e. The molecule has 0 saturated carbocycles. The summed E-state index contributed by atoms with van der Waals surface area (Å²) in [4.78, 5) is 0. The molecule has 0 radical (unpaired) electrons. The highest BCUT2D eigenvalue weighted by Crippen LogP contribution is 2.29. The molecule has 0 aromatic heterocycles. The first-order chi connectivity index (χ1) is 8.40. The maximum atomic E-state index is 5.73. The molecule has 2 aliphatic heterocycles. The Hall–Kier alpha value is 0.620. The summed E-state index contributed by atoms with van der Waals surface area (Å²) in [6.07, 6.45) is 5.64. The SMILES string of the molecule is CCNC(CCC1CCCO1)C1CSCCS1. The molecule has 0 aromatic rings. The molecule has 4 heteroatoms. The molecule has 3 unspecified atom stereocenters. The Balaban J connectivity index is 1.74. The quantitative estimate of drug-likeness (QED) is 0.804. The minimum atomic E-state index is 0.553. The van der Waals surface area contributed by atoms with E-state index in [1.165, 1.54) is 42.9 Å². The Morgan fingerprint density at radius 1 is 1.41 bits per heavy atom. The van der Waals surface area contributed by atoms with Gasteiger partial charge in [0.25, 0.3) is 0 Å². The van der Waals surface area contributed by atoms with Gasteiger partial charge in [-0.15, -0.1) is 0 Å². The highest BCUT2D eigenvalue weighted by Gasteiger charge is 2.25. The molecule has 0 aromatic carbocycles. The van der Waals surface area contributed by atoms with Crippen molar-refractivity contribution in [1.82, 2.24) is 5.32 Å². The lowest BCUT2D eigenvalue weighted by atomic mass is 10.0. The standard InChI is InChI=1S/C13H25NOS2/c1-2-14-12(13-10-16-8-9-17-13)6-5-11-4-3-7-15-11/h11-14H,2-10H2,1H3. The number of hydrogen-bond donors (Lipinski definition) is 1. The van der Waals surface area contributed by atoms with E-state index in [0.717, 1.165) is 18.4 Å². The van der Waals surface area contributed by atoms with E-state index in [2.05, 4.69) is 35.8 Å². The molecule has 2 saturated heterocycles. The van der Waals surface area contributed by atoms with Crippen LogP contribution in [0.15, 0.2) is 0 Å². The molecule has 1 N–H and O–H groups in total. The third-order valence-electron chi connectivity index (χ3n) is 3.58. The molecule has 2 fully saturated rings. The number of hydrogen-bond acceptors (Lipinski definition) is 4. The Labute approximate surface area is 114 Å². The molecular formula is C13H25NOS2. The summed E-state index contributed by atoms with van der Waals surface area (Å²) in [5.41, 5.74) is 0. The Kier molecular flexibility index (Phi) is 6.54. The van der Waals surface area contributed by atoms with Crippen LogP contribution in [-0.4, -0.2) is 47.8 Å². The van der Waals surface area contributed by atoms with Crippen molar-refractivity contribution in [3.05, 3.63) is 0 Å². The van der Waals surface area contributed by atoms with E-state index >= 15 is 0 Å². The van der Waals surface area contributed by atoms with Crippen LogP contribution in [-0.2, 0) is 4.74 Å². The van der Waals surface area contributed by atoms with Crippen LogP contribution in [0.5, 0.6) is 0 Å². The van der Waals surface area contributed by atoms with Crippen LogP contribution in [0.3, 0.4) is 0 Å². The molecule has 0 aliphatic carbocycles. The van der Waals surface area contributed by atoms with Crippen molar-refractivity contribution in [3.8, 4) is 0 Å². The summed E-state index contributed by atoms with van der Waals surface area (Å²) in [6.45, 7) is 4.31. The molecular weight excluding hydrogens is 250 g/mol. The van der Waals surface area contributed by atoms with Gasteiger partial charge in [0, 0.05) is 35.2 Å². The predicted octanol–water partition coefficient (Wildman–Crippen LogP) is 2.77. The van der Waals surface area contributed by atoms with Crippen molar-refractivity contribution in [2.45, 2.75) is 50.0 Å². The summed E-state index contributed by atoms with van der Waals surface area (Å²) >= 11 is 4.29. The van der Waals surface area contributed by atoms with E-state index in [1.807, 2.05) is 0 Å². The molecule has 17 heavy (non-hydrogen) atoms. The number of nitrogens with one attached hydrogen (secondary N) is 1. The lowest BCUT2D eigenvalue weighted by molar-refractivity contribution is 0.0997. The van der Waals surface area contributed by atoms with Gasteiger partial charge in [-0.3, -0.25) is 0 Å². The van der Waals surface area contributed by atoms with Gasteiger partial charge < -0.3 is 10.1 Å². The fourth-order valence-electron chi connectivity index (χ4n) is 2.66. The van der Waals surface area contributed by atoms with E-state index < -0.39 is 0 Å². The van der Waals surface area contributed by atoms with Gasteiger partial charge in [-0.2, -0.15) is 23.5 Å². The van der Waals surface area contributed by atoms with Gasteiger partial charge in [-0.25, -0.2) is 0 Å². The maximum absolute atomic E-state index is 5.73. The Morgan fingerprint density at radius 2 is 2.35 bits per heavy atom. The van der Waals surface area contributed by atoms with E-state index in [-0.39, 0.29) is 0 Å². The second kappa shape index (κ2) is 7.93. The fourth-order valence-corrected chi connectivity index (χ4v) is 5.59. The van der Waals surface area contributed by atoms with E-state index in [0.29, 0.717) is 12.1 Å². The van der Waals surface area contributed by atoms with E-state index in [9.17, 15) is 0 Å². The molecule has 0 spiro atoms. The van der Waals surface area contributed by atoms with Gasteiger partial charge in [0.05, 0.1) is 6.10 Å². The van der Waals surface area contributed by atoms with Crippen molar-refractivity contribution in [2.75, 3.05) is 30.4 Å². The van der Waals surface area contributed by atoms with Gasteiger partial charge in [-0.05, 0) is 32.2 Å². The van der Waals surface area contributed by atoms with Crippen LogP contribution in [0.25, 0.3) is 0 Å². The minimum absolute atomic E-state index is 0.553. The summed E-state index contributed by atoms with van der Waals surface area (Å²) in [6, 6.07) is 0.696. The van der Waals surface area contributed by atoms with E-state index in [4.69, 9.17) is 4.74 Å². The van der Waals surface area contributed by atoms with Crippen molar-refractivity contribution < 1.29 is 4.74 Å². The van der Waals surface area contributed by atoms with Crippen LogP contribution < -0.4 is 5.32 Å². The first-order valence-corrected chi connectivity index (χ1v) is 9.15. The zero-order valence-electron chi connectivity index (χ0n) is 10.8. The molecule has 2 nitrogen and oxygen atoms in total. The third-order valence-corrected chi connectivity index (χ3v) is 6.50. The predicted molar refractivity (Wildman–Crippen MR) is 79.2 cm³/mol. The van der Waals surface area contributed by atoms with Gasteiger partial charge in [-0.1, -0.05) is 6.92 Å². The summed E-state index contributed by atoms with van der Waals surface area (Å²) in [5.74, 6) is 4.00.